The van der Waals surface area contributed by atoms with Gasteiger partial charge < -0.3 is 9.88 Å². The fraction of sp³-hybridized carbons (Fsp3) is 0.273. The molecule has 0 atom stereocenters. The van der Waals surface area contributed by atoms with Gasteiger partial charge in [0.05, 0.1) is 0 Å². The third-order valence-corrected chi connectivity index (χ3v) is 2.12. The lowest BCUT2D eigenvalue weighted by atomic mass is 10.1. The zero-order chi connectivity index (χ0) is 9.26. The summed E-state index contributed by atoms with van der Waals surface area (Å²) < 4.78 is 0. The van der Waals surface area contributed by atoms with Crippen molar-refractivity contribution >= 4 is 10.9 Å². The molecule has 0 saturated carbocycles. The molecule has 0 radical (unpaired) electrons. The number of H-pyrrole nitrogens is 1. The van der Waals surface area contributed by atoms with E-state index in [2.05, 4.69) is 48.2 Å². The number of nitrogens with one attached hydrogen (secondary N) is 1. The molecular formula is C11H14N2. The molecule has 13 heavy (non-hydrogen) atoms. The van der Waals surface area contributed by atoms with Crippen LogP contribution in [0, 0.1) is 0 Å². The van der Waals surface area contributed by atoms with Gasteiger partial charge in [0.15, 0.2) is 0 Å². The van der Waals surface area contributed by atoms with Gasteiger partial charge in [0.2, 0.25) is 0 Å². The zero-order valence-electron chi connectivity index (χ0n) is 8.04. The summed E-state index contributed by atoms with van der Waals surface area (Å²) in [5, 5.41) is 1.28. The molecule has 1 heterocycles. The highest BCUT2D eigenvalue weighted by Crippen LogP contribution is 2.14. The third kappa shape index (κ3) is 1.73. The number of benzene rings is 1. The Hall–Kier alpha value is -1.28. The van der Waals surface area contributed by atoms with E-state index >= 15 is 0 Å². The topological polar surface area (TPSA) is 19.0 Å². The van der Waals surface area contributed by atoms with E-state index in [9.17, 15) is 0 Å². The average Bonchev–Trinajstić information content (AvgIpc) is 2.49. The Morgan fingerprint density at radius 1 is 1.23 bits per heavy atom. The van der Waals surface area contributed by atoms with Crippen LogP contribution >= 0.6 is 0 Å². The van der Waals surface area contributed by atoms with Crippen molar-refractivity contribution in [3.8, 4) is 0 Å². The molecule has 0 unspecified atom stereocenters. The minimum absolute atomic E-state index is 0.995. The van der Waals surface area contributed by atoms with E-state index in [1.807, 2.05) is 6.20 Å². The van der Waals surface area contributed by atoms with Crippen molar-refractivity contribution in [2.75, 3.05) is 14.1 Å². The molecule has 68 valence electrons. The van der Waals surface area contributed by atoms with E-state index in [1.54, 1.807) is 0 Å². The molecular weight excluding hydrogens is 160 g/mol. The highest BCUT2D eigenvalue weighted by Gasteiger charge is 1.97. The van der Waals surface area contributed by atoms with E-state index in [1.165, 1.54) is 16.5 Å². The van der Waals surface area contributed by atoms with Gasteiger partial charge >= 0.3 is 0 Å². The maximum absolute atomic E-state index is 3.21. The lowest BCUT2D eigenvalue weighted by Gasteiger charge is -2.09. The summed E-state index contributed by atoms with van der Waals surface area (Å²) in [6, 6.07) is 8.63. The van der Waals surface area contributed by atoms with Gasteiger partial charge in [-0.15, -0.1) is 0 Å². The molecule has 0 aliphatic rings. The second kappa shape index (κ2) is 3.23. The van der Waals surface area contributed by atoms with E-state index in [-0.39, 0.29) is 0 Å². The normalized spacial score (nSPS) is 11.3. The fourth-order valence-electron chi connectivity index (χ4n) is 1.56. The molecule has 2 heteroatoms. The molecule has 2 aromatic rings. The van der Waals surface area contributed by atoms with Gasteiger partial charge in [-0.3, -0.25) is 0 Å². The van der Waals surface area contributed by atoms with Crippen molar-refractivity contribution in [3.63, 3.8) is 0 Å². The lowest BCUT2D eigenvalue weighted by Crippen LogP contribution is -2.10. The Balaban J connectivity index is 2.37. The standard InChI is InChI=1S/C11H14N2/c1-13(2)8-9-3-4-10-5-6-12-11(10)7-9/h3-7,12H,8H2,1-2H3. The highest BCUT2D eigenvalue weighted by atomic mass is 15.0. The number of hydrogen-bond donors (Lipinski definition) is 1. The van der Waals surface area contributed by atoms with Gasteiger partial charge in [0, 0.05) is 18.3 Å². The van der Waals surface area contributed by atoms with Crippen molar-refractivity contribution in [1.29, 1.82) is 0 Å². The average molecular weight is 174 g/mol. The zero-order valence-corrected chi connectivity index (χ0v) is 8.04. The SMILES string of the molecule is CN(C)Cc1ccc2cc[nH]c2c1. The van der Waals surface area contributed by atoms with Gasteiger partial charge in [0.1, 0.15) is 0 Å². The Labute approximate surface area is 78.2 Å². The predicted octanol–water partition coefficient (Wildman–Crippen LogP) is 2.23. The molecule has 0 bridgehead atoms. The van der Waals surface area contributed by atoms with E-state index in [4.69, 9.17) is 0 Å². The maximum atomic E-state index is 3.21. The second-order valence-corrected chi connectivity index (χ2v) is 3.64. The molecule has 1 aromatic carbocycles. The van der Waals surface area contributed by atoms with Gasteiger partial charge in [-0.25, -0.2) is 0 Å². The van der Waals surface area contributed by atoms with Gasteiger partial charge in [-0.2, -0.15) is 0 Å². The van der Waals surface area contributed by atoms with Gasteiger partial charge in [0.25, 0.3) is 0 Å². The first-order chi connectivity index (χ1) is 6.25. The van der Waals surface area contributed by atoms with Crippen molar-refractivity contribution in [2.24, 2.45) is 0 Å². The third-order valence-electron chi connectivity index (χ3n) is 2.12. The monoisotopic (exact) mass is 174 g/mol. The Kier molecular flexibility index (Phi) is 2.07. The van der Waals surface area contributed by atoms with Crippen LogP contribution in [0.15, 0.2) is 30.5 Å². The van der Waals surface area contributed by atoms with Crippen molar-refractivity contribution in [3.05, 3.63) is 36.0 Å². The molecule has 0 saturated heterocycles. The summed E-state index contributed by atoms with van der Waals surface area (Å²) in [6.07, 6.45) is 1.98. The molecule has 2 rings (SSSR count). The molecule has 2 nitrogen and oxygen atoms in total. The number of nitrogens with zero attached hydrogens (tertiary/aromatic N) is 1. The quantitative estimate of drug-likeness (QED) is 0.739. The van der Waals surface area contributed by atoms with Crippen LogP contribution in [0.4, 0.5) is 0 Å². The number of aromatic amines is 1. The number of fused-ring (bicyclic) bond motifs is 1. The van der Waals surface area contributed by atoms with E-state index in [0.29, 0.717) is 0 Å². The Morgan fingerprint density at radius 2 is 2.08 bits per heavy atom. The first-order valence-corrected chi connectivity index (χ1v) is 4.46. The summed E-state index contributed by atoms with van der Waals surface area (Å²) in [5.74, 6) is 0. The molecule has 0 aliphatic heterocycles. The van der Waals surface area contributed by atoms with Crippen LogP contribution in [-0.2, 0) is 6.54 Å². The summed E-state index contributed by atoms with van der Waals surface area (Å²) in [7, 11) is 4.16. The number of aromatic nitrogens is 1. The van der Waals surface area contributed by atoms with Crippen molar-refractivity contribution in [2.45, 2.75) is 6.54 Å². The summed E-state index contributed by atoms with van der Waals surface area (Å²) in [4.78, 5) is 5.39. The number of rotatable bonds is 2. The van der Waals surface area contributed by atoms with Crippen LogP contribution in [0.3, 0.4) is 0 Å². The molecule has 0 spiro atoms. The maximum Gasteiger partial charge on any atom is 0.0457 e. The van der Waals surface area contributed by atoms with Gasteiger partial charge in [-0.05, 0) is 37.2 Å². The Morgan fingerprint density at radius 3 is 2.85 bits per heavy atom. The first-order valence-electron chi connectivity index (χ1n) is 4.46. The smallest absolute Gasteiger partial charge is 0.0457 e. The van der Waals surface area contributed by atoms with Crippen molar-refractivity contribution < 1.29 is 0 Å². The van der Waals surface area contributed by atoms with Crippen LogP contribution in [0.25, 0.3) is 10.9 Å². The minimum Gasteiger partial charge on any atom is -0.361 e. The van der Waals surface area contributed by atoms with Gasteiger partial charge in [-0.1, -0.05) is 12.1 Å². The number of hydrogen-bond acceptors (Lipinski definition) is 1. The second-order valence-electron chi connectivity index (χ2n) is 3.64. The molecule has 1 N–H and O–H groups in total. The fourth-order valence-corrected chi connectivity index (χ4v) is 1.56. The minimum atomic E-state index is 0.995. The van der Waals surface area contributed by atoms with Crippen LogP contribution < -0.4 is 0 Å². The Bertz CT molecular complexity index is 401. The largest absolute Gasteiger partial charge is 0.361 e. The van der Waals surface area contributed by atoms with E-state index < -0.39 is 0 Å². The van der Waals surface area contributed by atoms with E-state index in [0.717, 1.165) is 6.54 Å². The highest BCUT2D eigenvalue weighted by molar-refractivity contribution is 5.79. The summed E-state index contributed by atoms with van der Waals surface area (Å²) in [6.45, 7) is 0.995. The van der Waals surface area contributed by atoms with Crippen LogP contribution in [0.1, 0.15) is 5.56 Å². The molecule has 0 fully saturated rings. The van der Waals surface area contributed by atoms with Crippen LogP contribution in [0.2, 0.25) is 0 Å². The predicted molar refractivity (Wildman–Crippen MR) is 55.7 cm³/mol. The van der Waals surface area contributed by atoms with Crippen molar-refractivity contribution in [1.82, 2.24) is 9.88 Å². The summed E-state index contributed by atoms with van der Waals surface area (Å²) in [5.41, 5.74) is 2.57. The molecule has 0 aliphatic carbocycles. The first kappa shape index (κ1) is 8.32. The summed E-state index contributed by atoms with van der Waals surface area (Å²) >= 11 is 0. The van der Waals surface area contributed by atoms with Crippen LogP contribution in [-0.4, -0.2) is 24.0 Å². The molecule has 1 aromatic heterocycles. The van der Waals surface area contributed by atoms with Crippen LogP contribution in [0.5, 0.6) is 0 Å². The molecule has 0 amide bonds. The lowest BCUT2D eigenvalue weighted by molar-refractivity contribution is 0.403.